The number of furan rings is 1. The molecule has 1 amide bonds. The van der Waals surface area contributed by atoms with Crippen LogP contribution in [0.5, 0.6) is 5.75 Å². The van der Waals surface area contributed by atoms with Gasteiger partial charge in [0.15, 0.2) is 5.76 Å². The minimum atomic E-state index is -4.86. The first-order valence-electron chi connectivity index (χ1n) is 6.84. The van der Waals surface area contributed by atoms with Crippen molar-refractivity contribution in [3.8, 4) is 5.75 Å². The van der Waals surface area contributed by atoms with Gasteiger partial charge in [0.05, 0.1) is 11.2 Å². The molecule has 7 nitrogen and oxygen atoms in total. The highest BCUT2D eigenvalue weighted by molar-refractivity contribution is 7.89. The van der Waals surface area contributed by atoms with E-state index in [2.05, 4.69) is 14.8 Å². The highest BCUT2D eigenvalue weighted by Crippen LogP contribution is 2.23. The fourth-order valence-electron chi connectivity index (χ4n) is 1.76. The topological polar surface area (TPSA) is 97.6 Å². The molecule has 25 heavy (non-hydrogen) atoms. The summed E-state index contributed by atoms with van der Waals surface area (Å²) in [5.41, 5.74) is 0. The van der Waals surface area contributed by atoms with Crippen LogP contribution in [0, 0.1) is 0 Å². The molecule has 0 atom stereocenters. The molecule has 0 saturated heterocycles. The molecule has 1 heterocycles. The van der Waals surface area contributed by atoms with Gasteiger partial charge in [0.2, 0.25) is 10.0 Å². The van der Waals surface area contributed by atoms with Crippen molar-refractivity contribution in [2.45, 2.75) is 11.3 Å². The molecule has 0 aliphatic rings. The molecule has 2 N–H and O–H groups in total. The van der Waals surface area contributed by atoms with E-state index in [1.54, 1.807) is 0 Å². The monoisotopic (exact) mass is 378 g/mol. The summed E-state index contributed by atoms with van der Waals surface area (Å²) in [4.78, 5) is 11.3. The minimum absolute atomic E-state index is 0.00592. The van der Waals surface area contributed by atoms with Gasteiger partial charge < -0.3 is 14.5 Å². The van der Waals surface area contributed by atoms with Gasteiger partial charge in [-0.15, -0.1) is 13.2 Å². The lowest BCUT2D eigenvalue weighted by atomic mass is 10.3. The second-order valence-electron chi connectivity index (χ2n) is 4.65. The van der Waals surface area contributed by atoms with Crippen molar-refractivity contribution in [3.05, 3.63) is 48.4 Å². The SMILES string of the molecule is O=C(NCCNS(=O)(=O)c1ccc(OC(F)(F)F)cc1)c1ccco1. The van der Waals surface area contributed by atoms with Crippen LogP contribution in [-0.2, 0) is 10.0 Å². The lowest BCUT2D eigenvalue weighted by Crippen LogP contribution is -2.34. The van der Waals surface area contributed by atoms with Crippen LogP contribution < -0.4 is 14.8 Å². The van der Waals surface area contributed by atoms with Crippen molar-refractivity contribution in [2.24, 2.45) is 0 Å². The molecule has 0 spiro atoms. The first-order chi connectivity index (χ1) is 11.7. The zero-order valence-electron chi connectivity index (χ0n) is 12.5. The van der Waals surface area contributed by atoms with E-state index in [0.29, 0.717) is 0 Å². The number of carbonyl (C=O) groups is 1. The summed E-state index contributed by atoms with van der Waals surface area (Å²) in [5, 5.41) is 2.44. The van der Waals surface area contributed by atoms with Crippen molar-refractivity contribution >= 4 is 15.9 Å². The van der Waals surface area contributed by atoms with Crippen LogP contribution in [0.4, 0.5) is 13.2 Å². The highest BCUT2D eigenvalue weighted by atomic mass is 32.2. The van der Waals surface area contributed by atoms with Crippen LogP contribution in [0.15, 0.2) is 52.0 Å². The second-order valence-corrected chi connectivity index (χ2v) is 6.42. The minimum Gasteiger partial charge on any atom is -0.459 e. The summed E-state index contributed by atoms with van der Waals surface area (Å²) in [6.07, 6.45) is -3.53. The van der Waals surface area contributed by atoms with Gasteiger partial charge in [-0.1, -0.05) is 0 Å². The number of carbonyl (C=O) groups excluding carboxylic acids is 1. The number of ether oxygens (including phenoxy) is 1. The molecular formula is C14H13F3N2O5S. The Labute approximate surface area is 140 Å². The second kappa shape index (κ2) is 7.57. The average molecular weight is 378 g/mol. The predicted octanol–water partition coefficient (Wildman–Crippen LogP) is 1.89. The number of alkyl halides is 3. The normalized spacial score (nSPS) is 12.0. The van der Waals surface area contributed by atoms with E-state index in [9.17, 15) is 26.4 Å². The van der Waals surface area contributed by atoms with Gasteiger partial charge in [0.1, 0.15) is 5.75 Å². The lowest BCUT2D eigenvalue weighted by molar-refractivity contribution is -0.274. The summed E-state index contributed by atoms with van der Waals surface area (Å²) in [5.74, 6) is -0.946. The third-order valence-corrected chi connectivity index (χ3v) is 4.29. The van der Waals surface area contributed by atoms with E-state index >= 15 is 0 Å². The molecule has 1 aromatic heterocycles. The average Bonchev–Trinajstić information content (AvgIpc) is 3.05. The third kappa shape index (κ3) is 5.80. The Hall–Kier alpha value is -2.53. The quantitative estimate of drug-likeness (QED) is 0.717. The van der Waals surface area contributed by atoms with Crippen molar-refractivity contribution in [2.75, 3.05) is 13.1 Å². The van der Waals surface area contributed by atoms with Crippen LogP contribution in [0.25, 0.3) is 0 Å². The Morgan fingerprint density at radius 2 is 1.80 bits per heavy atom. The number of hydrogen-bond donors (Lipinski definition) is 2. The predicted molar refractivity (Wildman–Crippen MR) is 79.4 cm³/mol. The van der Waals surface area contributed by atoms with E-state index in [4.69, 9.17) is 4.42 Å². The molecule has 0 bridgehead atoms. The smallest absolute Gasteiger partial charge is 0.459 e. The van der Waals surface area contributed by atoms with Crippen LogP contribution >= 0.6 is 0 Å². The van der Waals surface area contributed by atoms with Gasteiger partial charge in [0, 0.05) is 13.1 Å². The molecule has 0 aliphatic carbocycles. The molecule has 0 unspecified atom stereocenters. The Morgan fingerprint density at radius 1 is 1.12 bits per heavy atom. The van der Waals surface area contributed by atoms with Crippen molar-refractivity contribution in [3.63, 3.8) is 0 Å². The molecule has 0 radical (unpaired) electrons. The van der Waals surface area contributed by atoms with Gasteiger partial charge in [-0.3, -0.25) is 4.79 Å². The molecule has 2 rings (SSSR count). The van der Waals surface area contributed by atoms with E-state index < -0.39 is 28.0 Å². The maximum atomic E-state index is 12.1. The fraction of sp³-hybridized carbons (Fsp3) is 0.214. The maximum absolute atomic E-state index is 12.1. The summed E-state index contributed by atoms with van der Waals surface area (Å²) < 4.78 is 70.9. The van der Waals surface area contributed by atoms with Gasteiger partial charge >= 0.3 is 6.36 Å². The van der Waals surface area contributed by atoms with E-state index in [1.807, 2.05) is 0 Å². The Kier molecular flexibility index (Phi) is 5.69. The summed E-state index contributed by atoms with van der Waals surface area (Å²) in [7, 11) is -3.93. The zero-order chi connectivity index (χ0) is 18.5. The summed E-state index contributed by atoms with van der Waals surface area (Å²) >= 11 is 0. The number of amides is 1. The number of hydrogen-bond acceptors (Lipinski definition) is 5. The van der Waals surface area contributed by atoms with Crippen LogP contribution in [0.3, 0.4) is 0 Å². The molecule has 1 aromatic carbocycles. The standard InChI is InChI=1S/C14H13F3N2O5S/c15-14(16,17)24-10-3-5-11(6-4-10)25(21,22)19-8-7-18-13(20)12-2-1-9-23-12/h1-6,9,19H,7-8H2,(H,18,20). The highest BCUT2D eigenvalue weighted by Gasteiger charge is 2.31. The third-order valence-electron chi connectivity index (χ3n) is 2.82. The number of rotatable bonds is 7. The van der Waals surface area contributed by atoms with Gasteiger partial charge in [-0.05, 0) is 36.4 Å². The molecular weight excluding hydrogens is 365 g/mol. The first-order valence-corrected chi connectivity index (χ1v) is 8.33. The molecule has 0 aliphatic heterocycles. The van der Waals surface area contributed by atoms with Crippen LogP contribution in [-0.4, -0.2) is 33.8 Å². The lowest BCUT2D eigenvalue weighted by Gasteiger charge is -2.10. The zero-order valence-corrected chi connectivity index (χ0v) is 13.4. The molecule has 0 fully saturated rings. The van der Waals surface area contributed by atoms with Gasteiger partial charge in [0.25, 0.3) is 5.91 Å². The maximum Gasteiger partial charge on any atom is 0.573 e. The number of sulfonamides is 1. The van der Waals surface area contributed by atoms with Crippen molar-refractivity contribution in [1.29, 1.82) is 0 Å². The molecule has 2 aromatic rings. The Balaban J connectivity index is 1.85. The Bertz CT molecular complexity index is 802. The first kappa shape index (κ1) is 18.8. The fourth-order valence-corrected chi connectivity index (χ4v) is 2.79. The van der Waals surface area contributed by atoms with E-state index in [1.165, 1.54) is 18.4 Å². The largest absolute Gasteiger partial charge is 0.573 e. The van der Waals surface area contributed by atoms with Crippen molar-refractivity contribution < 1.29 is 35.5 Å². The summed E-state index contributed by atoms with van der Waals surface area (Å²) in [6, 6.07) is 6.71. The van der Waals surface area contributed by atoms with Gasteiger partial charge in [-0.2, -0.15) is 0 Å². The van der Waals surface area contributed by atoms with Crippen molar-refractivity contribution in [1.82, 2.24) is 10.0 Å². The number of benzene rings is 1. The molecule has 11 heteroatoms. The number of halogens is 3. The molecule has 0 saturated carbocycles. The number of nitrogens with one attached hydrogen (secondary N) is 2. The van der Waals surface area contributed by atoms with Crippen LogP contribution in [0.2, 0.25) is 0 Å². The van der Waals surface area contributed by atoms with Crippen LogP contribution in [0.1, 0.15) is 10.6 Å². The van der Waals surface area contributed by atoms with E-state index in [0.717, 1.165) is 24.3 Å². The van der Waals surface area contributed by atoms with E-state index in [-0.39, 0.29) is 23.7 Å². The summed E-state index contributed by atoms with van der Waals surface area (Å²) in [6.45, 7) is -0.121. The van der Waals surface area contributed by atoms with Gasteiger partial charge in [-0.25, -0.2) is 13.1 Å². The Morgan fingerprint density at radius 3 is 2.36 bits per heavy atom. The molecule has 136 valence electrons.